The van der Waals surface area contributed by atoms with Crippen molar-refractivity contribution in [3.63, 3.8) is 0 Å². The van der Waals surface area contributed by atoms with Crippen molar-refractivity contribution >= 4 is 66.1 Å². The molecule has 0 aliphatic carbocycles. The molecule has 20 nitrogen and oxygen atoms in total. The maximum absolute atomic E-state index is 15.3. The van der Waals surface area contributed by atoms with E-state index in [2.05, 4.69) is 20.8 Å². The van der Waals surface area contributed by atoms with Crippen LogP contribution < -0.4 is 19.8 Å². The number of fused-ring (bicyclic) bond motifs is 1. The molecule has 3 aliphatic rings. The molecule has 0 bridgehead atoms. The van der Waals surface area contributed by atoms with Crippen LogP contribution in [0.15, 0.2) is 182 Å². The van der Waals surface area contributed by atoms with E-state index in [9.17, 15) is 24.0 Å². The Morgan fingerprint density at radius 1 is 0.484 bits per heavy atom. The number of Topliss-reactive ketones (excluding diaryl/α,β-unsaturated/α-hetero) is 1. The summed E-state index contributed by atoms with van der Waals surface area (Å²) < 4.78 is 73.0. The van der Waals surface area contributed by atoms with E-state index in [0.717, 1.165) is 38.9 Å². The molecule has 0 N–H and O–H groups in total. The zero-order chi connectivity index (χ0) is 67.7. The summed E-state index contributed by atoms with van der Waals surface area (Å²) in [6, 6.07) is 49.0. The fourth-order valence-corrected chi connectivity index (χ4v) is 16.5. The molecule has 7 aromatic rings. The molecule has 7 aromatic carbocycles. The Morgan fingerprint density at radius 2 is 0.916 bits per heavy atom. The molecule has 2 fully saturated rings. The Labute approximate surface area is 551 Å². The van der Waals surface area contributed by atoms with Gasteiger partial charge in [0.15, 0.2) is 30.7 Å². The number of aryl methyl sites for hydroxylation is 3. The molecule has 10 rings (SSSR count). The summed E-state index contributed by atoms with van der Waals surface area (Å²) in [6.45, 7) is 12.9. The second kappa shape index (κ2) is 29.8. The molecule has 2 saturated heterocycles. The summed E-state index contributed by atoms with van der Waals surface area (Å²) >= 11 is 0. The van der Waals surface area contributed by atoms with Crippen molar-refractivity contribution in [2.45, 2.75) is 135 Å². The summed E-state index contributed by atoms with van der Waals surface area (Å²) in [5, 5.41) is 1.09. The SMILES string of the molecule is COc1ccc(O[C@@H]2O[C@H](CO[Si](c3ccccc3)(c3ccccc3)C(C)(C)C)[C@H](OC(C)=O)[C@H](O[C@@H]3O[C@H](COC(=O)CCC(C)=O)[C@@H](OC(=O)c4ccc(C)cc4)[C@H](OC(=O)c4ccc(C)cc4)[C@H]3OC(=O)c3ccc(C)cc3)[C@H]2N2C(=O)c3ccccc3C2=O)cc1. The Balaban J connectivity index is 1.20. The molecule has 2 amide bonds. The van der Waals surface area contributed by atoms with Crippen LogP contribution in [0.4, 0.5) is 0 Å². The van der Waals surface area contributed by atoms with Crippen molar-refractivity contribution in [3.8, 4) is 11.5 Å². The number of carbonyl (C=O) groups is 8. The van der Waals surface area contributed by atoms with Gasteiger partial charge in [0.1, 0.15) is 48.2 Å². The number of amides is 2. The minimum absolute atomic E-state index is 0.00561. The van der Waals surface area contributed by atoms with E-state index in [1.807, 2.05) is 81.4 Å². The van der Waals surface area contributed by atoms with Crippen LogP contribution in [0.3, 0.4) is 0 Å². The van der Waals surface area contributed by atoms with Gasteiger partial charge in [-0.3, -0.25) is 24.1 Å². The summed E-state index contributed by atoms with van der Waals surface area (Å²) in [5.41, 5.74) is 2.40. The summed E-state index contributed by atoms with van der Waals surface area (Å²) in [7, 11) is -2.07. The molecule has 0 aromatic heterocycles. The van der Waals surface area contributed by atoms with E-state index < -0.39 is 130 Å². The number of carbonyl (C=O) groups excluding carboxylic acids is 8. The first-order valence-electron chi connectivity index (χ1n) is 31.2. The van der Waals surface area contributed by atoms with Crippen molar-refractivity contribution in [1.82, 2.24) is 4.90 Å². The normalized spacial score (nSPS) is 21.8. The van der Waals surface area contributed by atoms with Crippen LogP contribution in [0.1, 0.15) is 116 Å². The molecular weight excluding hydrogens is 1230 g/mol. The largest absolute Gasteiger partial charge is 0.497 e. The van der Waals surface area contributed by atoms with E-state index in [0.29, 0.717) is 5.75 Å². The lowest BCUT2D eigenvalue weighted by atomic mass is 9.93. The number of benzene rings is 7. The highest BCUT2D eigenvalue weighted by molar-refractivity contribution is 6.99. The second-order valence-electron chi connectivity index (χ2n) is 24.6. The third-order valence-corrected chi connectivity index (χ3v) is 21.8. The number of methoxy groups -OCH3 is 1. The molecule has 0 spiro atoms. The van der Waals surface area contributed by atoms with Crippen LogP contribution in [0.2, 0.25) is 5.04 Å². The Morgan fingerprint density at radius 3 is 1.38 bits per heavy atom. The number of hydrogen-bond donors (Lipinski definition) is 0. The number of ether oxygens (including phenoxy) is 10. The third-order valence-electron chi connectivity index (χ3n) is 16.8. The minimum atomic E-state index is -3.56. The lowest BCUT2D eigenvalue weighted by Crippen LogP contribution is -2.72. The highest BCUT2D eigenvalue weighted by atomic mass is 28.4. The lowest BCUT2D eigenvalue weighted by Gasteiger charge is -2.51. The highest BCUT2D eigenvalue weighted by Gasteiger charge is 2.62. The molecule has 10 atom stereocenters. The number of rotatable bonds is 23. The fraction of sp³-hybridized carbons (Fsp3) is 0.324. The zero-order valence-corrected chi connectivity index (χ0v) is 55.1. The molecule has 21 heteroatoms. The van der Waals surface area contributed by atoms with Crippen molar-refractivity contribution in [2.24, 2.45) is 0 Å². The average molecular weight is 1310 g/mol. The van der Waals surface area contributed by atoms with Gasteiger partial charge in [0.05, 0.1) is 48.0 Å². The first-order chi connectivity index (χ1) is 45.5. The van der Waals surface area contributed by atoms with Gasteiger partial charge in [-0.25, -0.2) is 14.4 Å². The molecular formula is C74H75NO19Si. The zero-order valence-electron chi connectivity index (χ0n) is 54.1. The van der Waals surface area contributed by atoms with Crippen molar-refractivity contribution < 1.29 is 90.2 Å². The maximum Gasteiger partial charge on any atom is 0.338 e. The van der Waals surface area contributed by atoms with Gasteiger partial charge in [0.2, 0.25) is 6.29 Å². The number of ketones is 1. The van der Waals surface area contributed by atoms with Crippen molar-refractivity contribution in [1.29, 1.82) is 0 Å². The van der Waals surface area contributed by atoms with Gasteiger partial charge >= 0.3 is 29.8 Å². The van der Waals surface area contributed by atoms with Gasteiger partial charge < -0.3 is 56.6 Å². The highest BCUT2D eigenvalue weighted by Crippen LogP contribution is 2.42. The van der Waals surface area contributed by atoms with Crippen molar-refractivity contribution in [3.05, 3.63) is 226 Å². The quantitative estimate of drug-likeness (QED) is 0.0250. The summed E-state index contributed by atoms with van der Waals surface area (Å²) in [4.78, 5) is 116. The Kier molecular flexibility index (Phi) is 21.4. The summed E-state index contributed by atoms with van der Waals surface area (Å²) in [5.74, 6) is -6.19. The van der Waals surface area contributed by atoms with E-state index >= 15 is 14.4 Å². The molecule has 0 radical (unpaired) electrons. The van der Waals surface area contributed by atoms with Gasteiger partial charge in [-0.1, -0.05) is 147 Å². The molecule has 3 aliphatic heterocycles. The second-order valence-corrected chi connectivity index (χ2v) is 28.9. The number of imide groups is 1. The standard InChI is InChI=1S/C74H75NO19Si/c1-44-24-31-49(32-25-44)69(81)91-63-58(42-85-60(78)41-30-47(4)76)90-73(66(93-71(83)51-35-28-46(3)29-36-51)65(63)92-70(82)50-33-26-45(2)27-34-50)94-64-61(75-67(79)56-22-16-17-23-57(56)68(75)80)72(88-53-39-37-52(84-9)38-40-53)89-59(62(64)87-48(5)77)43-86-95(74(6,7)8,54-18-12-10-13-19-54)55-20-14-11-15-21-55/h10-29,31-40,58-59,61-66,72-73H,30,41-43H2,1-9H3/t58-,59-,61-,62+,63-,64-,65+,66-,72-,73+/m1/s1. The third kappa shape index (κ3) is 15.5. The molecule has 3 heterocycles. The van der Waals surface area contributed by atoms with Gasteiger partial charge in [-0.2, -0.15) is 0 Å². The molecule has 0 saturated carbocycles. The van der Waals surface area contributed by atoms with Gasteiger partial charge in [0.25, 0.3) is 20.1 Å². The van der Waals surface area contributed by atoms with Crippen LogP contribution in [0.5, 0.6) is 11.5 Å². The molecule has 95 heavy (non-hydrogen) atoms. The summed E-state index contributed by atoms with van der Waals surface area (Å²) in [6.07, 6.45) is -17.2. The molecule has 0 unspecified atom stereocenters. The minimum Gasteiger partial charge on any atom is -0.497 e. The Hall–Kier alpha value is -9.64. The van der Waals surface area contributed by atoms with Crippen LogP contribution in [0, 0.1) is 20.8 Å². The van der Waals surface area contributed by atoms with E-state index in [1.165, 1.54) is 62.6 Å². The number of nitrogens with zero attached hydrogens (tertiary/aromatic N) is 1. The Bertz CT molecular complexity index is 3820. The average Bonchev–Trinajstić information content (AvgIpc) is 1.66. The van der Waals surface area contributed by atoms with Crippen LogP contribution in [0.25, 0.3) is 0 Å². The van der Waals surface area contributed by atoms with Crippen molar-refractivity contribution in [2.75, 3.05) is 20.3 Å². The van der Waals surface area contributed by atoms with Crippen LogP contribution in [-0.4, -0.2) is 142 Å². The monoisotopic (exact) mass is 1310 g/mol. The van der Waals surface area contributed by atoms with Gasteiger partial charge in [-0.15, -0.1) is 0 Å². The van der Waals surface area contributed by atoms with Crippen LogP contribution >= 0.6 is 0 Å². The topological polar surface area (TPSA) is 241 Å². The van der Waals surface area contributed by atoms with Gasteiger partial charge in [0, 0.05) is 13.3 Å². The van der Waals surface area contributed by atoms with E-state index in [-0.39, 0.29) is 52.2 Å². The fourth-order valence-electron chi connectivity index (χ4n) is 12.0. The predicted octanol–water partition coefficient (Wildman–Crippen LogP) is 9.60. The van der Waals surface area contributed by atoms with E-state index in [4.69, 9.17) is 51.8 Å². The maximum atomic E-state index is 15.3. The van der Waals surface area contributed by atoms with Gasteiger partial charge in [-0.05, 0) is 116 Å². The first kappa shape index (κ1) is 68.2. The number of esters is 5. The predicted molar refractivity (Wildman–Crippen MR) is 348 cm³/mol. The smallest absolute Gasteiger partial charge is 0.338 e. The molecule has 494 valence electrons. The number of hydrogen-bond acceptors (Lipinski definition) is 19. The first-order valence-corrected chi connectivity index (χ1v) is 33.1. The van der Waals surface area contributed by atoms with E-state index in [1.54, 1.807) is 72.8 Å². The lowest BCUT2D eigenvalue weighted by molar-refractivity contribution is -0.341. The van der Waals surface area contributed by atoms with Crippen LogP contribution in [-0.2, 0) is 56.7 Å².